The number of hydrogen-bond acceptors (Lipinski definition) is 5. The molecule has 5 rings (SSSR count). The number of rotatable bonds is 7. The molecule has 2 aliphatic rings. The summed E-state index contributed by atoms with van der Waals surface area (Å²) in [5.74, 6) is -2.07. The van der Waals surface area contributed by atoms with Crippen molar-refractivity contribution in [3.8, 4) is 11.1 Å². The lowest BCUT2D eigenvalue weighted by Crippen LogP contribution is -2.41. The maximum Gasteiger partial charge on any atom is 0.492 e. The lowest BCUT2D eigenvalue weighted by Gasteiger charge is -2.32. The highest BCUT2D eigenvalue weighted by Gasteiger charge is 2.52. The van der Waals surface area contributed by atoms with Crippen LogP contribution in [0.2, 0.25) is 0 Å². The Hall–Kier alpha value is -3.82. The standard InChI is InChI=1S/C31H30BF2NO5/c1-30(2)31(3,4)40-32(39-30)20(13-19-14-27(33)25(17-36)28(34)15-19)16-35-29(37)38-18-26-23-11-7-5-9-21(23)22-10-6-8-12-24(22)26/h5-15,17,26H,16,18H2,1-4H3,(H,35,37). The summed E-state index contributed by atoms with van der Waals surface area (Å²) < 4.78 is 46.5. The van der Waals surface area contributed by atoms with Crippen LogP contribution in [0.4, 0.5) is 13.6 Å². The van der Waals surface area contributed by atoms with Gasteiger partial charge in [-0.25, -0.2) is 13.6 Å². The Morgan fingerprint density at radius 2 is 1.48 bits per heavy atom. The summed E-state index contributed by atoms with van der Waals surface area (Å²) >= 11 is 0. The molecule has 0 radical (unpaired) electrons. The number of ether oxygens (including phenoxy) is 1. The molecule has 9 heteroatoms. The fraction of sp³-hybridized carbons (Fsp3) is 0.290. The Morgan fingerprint density at radius 1 is 0.950 bits per heavy atom. The summed E-state index contributed by atoms with van der Waals surface area (Å²) in [5, 5.41) is 2.73. The van der Waals surface area contributed by atoms with Gasteiger partial charge in [0.25, 0.3) is 0 Å². The summed E-state index contributed by atoms with van der Waals surface area (Å²) in [5.41, 5.74) is 3.00. The monoisotopic (exact) mass is 545 g/mol. The molecule has 1 heterocycles. The number of benzene rings is 3. The quantitative estimate of drug-likeness (QED) is 0.278. The Kier molecular flexibility index (Phi) is 7.37. The number of aldehydes is 1. The molecule has 3 aromatic carbocycles. The van der Waals surface area contributed by atoms with Crippen LogP contribution in [0.3, 0.4) is 0 Å². The molecule has 1 fully saturated rings. The largest absolute Gasteiger partial charge is 0.492 e. The summed E-state index contributed by atoms with van der Waals surface area (Å²) in [6.07, 6.45) is 0.955. The van der Waals surface area contributed by atoms with Gasteiger partial charge in [0.2, 0.25) is 0 Å². The van der Waals surface area contributed by atoms with Crippen molar-refractivity contribution < 1.29 is 32.4 Å². The van der Waals surface area contributed by atoms with Crippen molar-refractivity contribution in [2.24, 2.45) is 0 Å². The first-order valence-electron chi connectivity index (χ1n) is 13.1. The topological polar surface area (TPSA) is 73.9 Å². The van der Waals surface area contributed by atoms with E-state index in [4.69, 9.17) is 14.0 Å². The molecule has 0 saturated carbocycles. The van der Waals surface area contributed by atoms with Gasteiger partial charge < -0.3 is 19.4 Å². The zero-order valence-corrected chi connectivity index (χ0v) is 22.8. The fourth-order valence-corrected chi connectivity index (χ4v) is 5.03. The minimum atomic E-state index is -0.987. The van der Waals surface area contributed by atoms with Crippen molar-refractivity contribution in [3.05, 3.63) is 100 Å². The first kappa shape index (κ1) is 27.7. The van der Waals surface area contributed by atoms with Crippen molar-refractivity contribution in [1.29, 1.82) is 0 Å². The van der Waals surface area contributed by atoms with E-state index in [0.29, 0.717) is 5.47 Å². The normalized spacial score (nSPS) is 17.4. The van der Waals surface area contributed by atoms with Gasteiger partial charge in [-0.2, -0.15) is 0 Å². The second-order valence-electron chi connectivity index (χ2n) is 11.0. The van der Waals surface area contributed by atoms with Crippen molar-refractivity contribution in [1.82, 2.24) is 5.32 Å². The first-order chi connectivity index (χ1) is 19.0. The van der Waals surface area contributed by atoms with Gasteiger partial charge in [0, 0.05) is 12.5 Å². The van der Waals surface area contributed by atoms with Crippen LogP contribution in [-0.4, -0.2) is 43.9 Å². The molecular weight excluding hydrogens is 515 g/mol. The molecule has 1 N–H and O–H groups in total. The Bertz CT molecular complexity index is 1420. The molecule has 0 bridgehead atoms. The lowest BCUT2D eigenvalue weighted by atomic mass is 9.77. The van der Waals surface area contributed by atoms with E-state index in [0.717, 1.165) is 34.4 Å². The predicted molar refractivity (Wildman–Crippen MR) is 149 cm³/mol. The van der Waals surface area contributed by atoms with Gasteiger partial charge in [0.15, 0.2) is 6.29 Å². The number of fused-ring (bicyclic) bond motifs is 3. The molecule has 3 aromatic rings. The van der Waals surface area contributed by atoms with Crippen LogP contribution in [0.1, 0.15) is 60.7 Å². The summed E-state index contributed by atoms with van der Waals surface area (Å²) in [4.78, 5) is 23.8. The van der Waals surface area contributed by atoms with Gasteiger partial charge in [-0.15, -0.1) is 0 Å². The average Bonchev–Trinajstić information content (AvgIpc) is 3.34. The minimum Gasteiger partial charge on any atom is -0.449 e. The molecule has 1 aliphatic carbocycles. The van der Waals surface area contributed by atoms with Crippen LogP contribution < -0.4 is 5.32 Å². The summed E-state index contributed by atoms with van der Waals surface area (Å²) in [6, 6.07) is 18.2. The van der Waals surface area contributed by atoms with Gasteiger partial charge in [0.05, 0.1) is 16.8 Å². The summed E-state index contributed by atoms with van der Waals surface area (Å²) in [7, 11) is -0.893. The van der Waals surface area contributed by atoms with Crippen molar-refractivity contribution in [2.75, 3.05) is 13.2 Å². The Labute approximate surface area is 232 Å². The van der Waals surface area contributed by atoms with Crippen LogP contribution in [0, 0.1) is 11.6 Å². The fourth-order valence-electron chi connectivity index (χ4n) is 5.03. The number of nitrogens with one attached hydrogen (secondary N) is 1. The highest BCUT2D eigenvalue weighted by Crippen LogP contribution is 2.44. The third-order valence-corrected chi connectivity index (χ3v) is 7.91. The molecule has 1 aliphatic heterocycles. The molecule has 6 nitrogen and oxygen atoms in total. The van der Waals surface area contributed by atoms with Crippen LogP contribution in [0.25, 0.3) is 17.2 Å². The lowest BCUT2D eigenvalue weighted by molar-refractivity contribution is 0.00578. The van der Waals surface area contributed by atoms with Gasteiger partial charge in [0.1, 0.15) is 18.2 Å². The SMILES string of the molecule is CC1(C)OB(C(=Cc2cc(F)c(C=O)c(F)c2)CNC(=O)OCC2c3ccccc3-c3ccccc32)OC1(C)C. The molecule has 206 valence electrons. The van der Waals surface area contributed by atoms with Crippen molar-refractivity contribution in [3.63, 3.8) is 0 Å². The minimum absolute atomic E-state index is 0.0633. The van der Waals surface area contributed by atoms with Crippen LogP contribution in [0.15, 0.2) is 66.1 Å². The molecule has 0 spiro atoms. The summed E-state index contributed by atoms with van der Waals surface area (Å²) in [6.45, 7) is 7.58. The van der Waals surface area contributed by atoms with Gasteiger partial charge in [-0.05, 0) is 73.1 Å². The number of amides is 1. The van der Waals surface area contributed by atoms with E-state index in [1.165, 1.54) is 6.08 Å². The van der Waals surface area contributed by atoms with Crippen LogP contribution in [0.5, 0.6) is 0 Å². The van der Waals surface area contributed by atoms with E-state index in [1.54, 1.807) is 0 Å². The molecule has 0 atom stereocenters. The maximum atomic E-state index is 14.3. The number of hydrogen-bond donors (Lipinski definition) is 1. The second-order valence-corrected chi connectivity index (χ2v) is 11.0. The van der Waals surface area contributed by atoms with E-state index < -0.39 is 41.6 Å². The first-order valence-corrected chi connectivity index (χ1v) is 13.1. The Balaban J connectivity index is 1.33. The molecular formula is C31H30BF2NO5. The second kappa shape index (κ2) is 10.6. The molecule has 0 unspecified atom stereocenters. The maximum absolute atomic E-state index is 14.3. The third kappa shape index (κ3) is 5.19. The average molecular weight is 545 g/mol. The van der Waals surface area contributed by atoms with E-state index in [-0.39, 0.29) is 30.9 Å². The van der Waals surface area contributed by atoms with Crippen molar-refractivity contribution >= 4 is 25.6 Å². The number of carbonyl (C=O) groups is 2. The third-order valence-electron chi connectivity index (χ3n) is 7.91. The smallest absolute Gasteiger partial charge is 0.449 e. The highest BCUT2D eigenvalue weighted by atomic mass is 19.1. The zero-order chi connectivity index (χ0) is 28.7. The molecule has 1 saturated heterocycles. The number of alkyl carbamates (subject to hydrolysis) is 1. The van der Waals surface area contributed by atoms with E-state index >= 15 is 0 Å². The zero-order valence-electron chi connectivity index (χ0n) is 22.8. The Morgan fingerprint density at radius 3 is 2.00 bits per heavy atom. The van der Waals surface area contributed by atoms with Crippen LogP contribution in [-0.2, 0) is 14.0 Å². The van der Waals surface area contributed by atoms with E-state index in [2.05, 4.69) is 17.4 Å². The number of halogens is 2. The van der Waals surface area contributed by atoms with Gasteiger partial charge >= 0.3 is 13.2 Å². The highest BCUT2D eigenvalue weighted by molar-refractivity contribution is 6.56. The van der Waals surface area contributed by atoms with Gasteiger partial charge in [-0.1, -0.05) is 54.6 Å². The van der Waals surface area contributed by atoms with Crippen LogP contribution >= 0.6 is 0 Å². The molecule has 1 amide bonds. The van der Waals surface area contributed by atoms with E-state index in [1.807, 2.05) is 64.1 Å². The molecule has 40 heavy (non-hydrogen) atoms. The van der Waals surface area contributed by atoms with Crippen molar-refractivity contribution in [2.45, 2.75) is 44.8 Å². The van der Waals surface area contributed by atoms with E-state index in [9.17, 15) is 18.4 Å². The molecule has 0 aromatic heterocycles. The number of carbonyl (C=O) groups excluding carboxylic acids is 2. The predicted octanol–water partition coefficient (Wildman–Crippen LogP) is 6.33. The van der Waals surface area contributed by atoms with Gasteiger partial charge in [-0.3, -0.25) is 4.79 Å².